The number of methoxy groups -OCH3 is 1. The van der Waals surface area contributed by atoms with Crippen molar-refractivity contribution in [2.24, 2.45) is 23.5 Å². The SMILES string of the molecule is COc1cc(C(=O)N2C[C@H]3CC[C@@H]2[C@@H]3N)cc2nc(-c3cc4cccnc4n3CC3CC3)n(CC3CN(S(=O)(=O)C4CC4)C3)c12. The van der Waals surface area contributed by atoms with Crippen LogP contribution in [0.15, 0.2) is 36.5 Å². The number of hydrogen-bond donors (Lipinski definition) is 1. The Kier molecular flexibility index (Phi) is 6.18. The maximum absolute atomic E-state index is 13.9. The van der Waals surface area contributed by atoms with Gasteiger partial charge < -0.3 is 24.5 Å². The topological polar surface area (TPSA) is 129 Å². The van der Waals surface area contributed by atoms with Gasteiger partial charge >= 0.3 is 0 Å². The van der Waals surface area contributed by atoms with Gasteiger partial charge in [-0.05, 0) is 80.7 Å². The Labute approximate surface area is 262 Å². The number of nitrogens with two attached hydrogens (primary N) is 1. The van der Waals surface area contributed by atoms with Gasteiger partial charge in [-0.25, -0.2) is 22.7 Å². The van der Waals surface area contributed by atoms with Crippen LogP contribution in [0.4, 0.5) is 0 Å². The number of carbonyl (C=O) groups excluding carboxylic acids is 1. The molecule has 45 heavy (non-hydrogen) atoms. The zero-order valence-electron chi connectivity index (χ0n) is 25.5. The molecule has 5 heterocycles. The zero-order chi connectivity index (χ0) is 30.6. The molecule has 3 aromatic heterocycles. The number of aromatic nitrogens is 4. The third kappa shape index (κ3) is 4.43. The van der Waals surface area contributed by atoms with Crippen molar-refractivity contribution in [3.63, 3.8) is 0 Å². The molecule has 5 aliphatic rings. The molecule has 2 aliphatic heterocycles. The van der Waals surface area contributed by atoms with Crippen molar-refractivity contribution < 1.29 is 17.9 Å². The monoisotopic (exact) mass is 629 g/mol. The molecule has 3 atom stereocenters. The molecule has 1 aromatic carbocycles. The van der Waals surface area contributed by atoms with Crippen molar-refractivity contribution in [3.05, 3.63) is 42.1 Å². The van der Waals surface area contributed by atoms with Crippen molar-refractivity contribution in [3.8, 4) is 17.3 Å². The molecular weight excluding hydrogens is 590 g/mol. The van der Waals surface area contributed by atoms with Gasteiger partial charge in [0, 0.05) is 67.9 Å². The molecule has 236 valence electrons. The van der Waals surface area contributed by atoms with E-state index in [1.807, 2.05) is 29.3 Å². The van der Waals surface area contributed by atoms with Crippen LogP contribution in [-0.2, 0) is 23.1 Å². The summed E-state index contributed by atoms with van der Waals surface area (Å²) >= 11 is 0. The van der Waals surface area contributed by atoms with Crippen LogP contribution in [0.25, 0.3) is 33.6 Å². The third-order valence-electron chi connectivity index (χ3n) is 10.9. The first-order chi connectivity index (χ1) is 21.8. The second-order valence-corrected chi connectivity index (χ2v) is 16.2. The first-order valence-corrected chi connectivity index (χ1v) is 17.9. The number of rotatable bonds is 9. The maximum atomic E-state index is 13.9. The van der Waals surface area contributed by atoms with Crippen LogP contribution in [0.3, 0.4) is 0 Å². The second-order valence-electron chi connectivity index (χ2n) is 14.0. The zero-order valence-corrected chi connectivity index (χ0v) is 26.3. The van der Waals surface area contributed by atoms with E-state index in [2.05, 4.69) is 21.3 Å². The first kappa shape index (κ1) is 27.8. The lowest BCUT2D eigenvalue weighted by Gasteiger charge is -2.38. The average Bonchev–Trinajstić information content (AvgIpc) is 3.93. The van der Waals surface area contributed by atoms with E-state index in [1.54, 1.807) is 11.4 Å². The lowest BCUT2D eigenvalue weighted by molar-refractivity contribution is 0.0700. The smallest absolute Gasteiger partial charge is 0.254 e. The first-order valence-electron chi connectivity index (χ1n) is 16.4. The molecule has 0 radical (unpaired) electrons. The summed E-state index contributed by atoms with van der Waals surface area (Å²) in [6, 6.07) is 10.1. The lowest BCUT2D eigenvalue weighted by atomic mass is 10.0. The number of imidazole rings is 1. The number of sulfonamides is 1. The van der Waals surface area contributed by atoms with Gasteiger partial charge in [-0.3, -0.25) is 4.79 Å². The van der Waals surface area contributed by atoms with E-state index < -0.39 is 10.0 Å². The van der Waals surface area contributed by atoms with E-state index >= 15 is 0 Å². The van der Waals surface area contributed by atoms with Crippen molar-refractivity contribution in [2.75, 3.05) is 26.7 Å². The normalized spacial score (nSPS) is 25.5. The number of ether oxygens (including phenoxy) is 1. The van der Waals surface area contributed by atoms with Crippen LogP contribution < -0.4 is 10.5 Å². The van der Waals surface area contributed by atoms with Gasteiger partial charge in [-0.2, -0.15) is 0 Å². The number of fused-ring (bicyclic) bond motifs is 4. The van der Waals surface area contributed by atoms with Crippen LogP contribution in [0, 0.1) is 17.8 Å². The van der Waals surface area contributed by atoms with Gasteiger partial charge in [-0.15, -0.1) is 0 Å². The van der Waals surface area contributed by atoms with Crippen LogP contribution in [0.2, 0.25) is 0 Å². The summed E-state index contributed by atoms with van der Waals surface area (Å²) < 4.78 is 37.9. The molecule has 12 heteroatoms. The highest BCUT2D eigenvalue weighted by Crippen LogP contribution is 2.41. The number of amides is 1. The molecule has 9 rings (SSSR count). The van der Waals surface area contributed by atoms with Crippen molar-refractivity contribution in [1.82, 2.24) is 28.3 Å². The predicted octanol–water partition coefficient (Wildman–Crippen LogP) is 3.46. The van der Waals surface area contributed by atoms with Gasteiger partial charge in [0.25, 0.3) is 5.91 Å². The number of hydrogen-bond acceptors (Lipinski definition) is 7. The summed E-state index contributed by atoms with van der Waals surface area (Å²) in [7, 11) is -1.57. The summed E-state index contributed by atoms with van der Waals surface area (Å²) in [6.07, 6.45) is 7.80. The molecule has 5 fully saturated rings. The molecule has 2 bridgehead atoms. The summed E-state index contributed by atoms with van der Waals surface area (Å²) in [5, 5.41) is 0.852. The highest BCUT2D eigenvalue weighted by molar-refractivity contribution is 7.90. The number of carbonyl (C=O) groups is 1. The Bertz CT molecular complexity index is 1950. The number of benzene rings is 1. The quantitative estimate of drug-likeness (QED) is 0.300. The van der Waals surface area contributed by atoms with Gasteiger partial charge in [0.05, 0.1) is 23.6 Å². The van der Waals surface area contributed by atoms with Crippen molar-refractivity contribution in [2.45, 2.75) is 68.9 Å². The molecule has 0 unspecified atom stereocenters. The molecule has 4 aromatic rings. The number of pyridine rings is 1. The molecule has 0 spiro atoms. The van der Waals surface area contributed by atoms with E-state index in [-0.39, 0.29) is 29.2 Å². The number of nitrogens with zero attached hydrogens (tertiary/aromatic N) is 6. The second kappa shape index (κ2) is 10.0. The maximum Gasteiger partial charge on any atom is 0.254 e. The molecule has 2 saturated heterocycles. The van der Waals surface area contributed by atoms with Crippen LogP contribution >= 0.6 is 0 Å². The van der Waals surface area contributed by atoms with Gasteiger partial charge in [0.2, 0.25) is 10.0 Å². The molecule has 3 saturated carbocycles. The predicted molar refractivity (Wildman–Crippen MR) is 170 cm³/mol. The highest BCUT2D eigenvalue weighted by atomic mass is 32.2. The average molecular weight is 630 g/mol. The van der Waals surface area contributed by atoms with Crippen LogP contribution in [0.1, 0.15) is 48.9 Å². The van der Waals surface area contributed by atoms with E-state index in [0.717, 1.165) is 60.3 Å². The fourth-order valence-electron chi connectivity index (χ4n) is 8.03. The van der Waals surface area contributed by atoms with Crippen molar-refractivity contribution in [1.29, 1.82) is 0 Å². The molecule has 11 nitrogen and oxygen atoms in total. The summed E-state index contributed by atoms with van der Waals surface area (Å²) in [4.78, 5) is 25.8. The van der Waals surface area contributed by atoms with Gasteiger partial charge in [-0.1, -0.05) is 0 Å². The van der Waals surface area contributed by atoms with E-state index in [1.165, 1.54) is 12.8 Å². The van der Waals surface area contributed by atoms with Gasteiger partial charge in [0.15, 0.2) is 5.82 Å². The Hall–Kier alpha value is -3.48. The standard InChI is InChI=1S/C33H39N7O4S/c1-44-28-13-23(33(41)39-18-22-6-9-26(39)29(22)34)11-25-30(28)40(17-20-14-37(15-20)45(42,43)24-7-8-24)32(36-25)27-12-21-3-2-10-35-31(21)38(27)16-19-4-5-19/h2-3,10-13,19-20,22,24,26,29H,4-9,14-18,34H2,1H3/t22-,26-,29-/m1/s1. The fraction of sp³-hybridized carbons (Fsp3) is 0.545. The van der Waals surface area contributed by atoms with Crippen LogP contribution in [0.5, 0.6) is 5.75 Å². The Morgan fingerprint density at radius 1 is 1.00 bits per heavy atom. The fourth-order valence-corrected chi connectivity index (χ4v) is 10.0. The Morgan fingerprint density at radius 2 is 1.80 bits per heavy atom. The Balaban J connectivity index is 1.15. The summed E-state index contributed by atoms with van der Waals surface area (Å²) in [6.45, 7) is 3.16. The largest absolute Gasteiger partial charge is 0.494 e. The summed E-state index contributed by atoms with van der Waals surface area (Å²) in [5.41, 5.74) is 10.4. The highest BCUT2D eigenvalue weighted by Gasteiger charge is 2.47. The van der Waals surface area contributed by atoms with E-state index in [4.69, 9.17) is 20.4 Å². The third-order valence-corrected chi connectivity index (χ3v) is 13.2. The number of likely N-dealkylation sites (tertiary alicyclic amines) is 1. The lowest BCUT2D eigenvalue weighted by Crippen LogP contribution is -2.52. The van der Waals surface area contributed by atoms with Crippen molar-refractivity contribution >= 4 is 38.0 Å². The summed E-state index contributed by atoms with van der Waals surface area (Å²) in [5.74, 6) is 2.48. The Morgan fingerprint density at radius 3 is 2.49 bits per heavy atom. The molecule has 1 amide bonds. The number of piperidine rings is 1. The molecule has 2 N–H and O–H groups in total. The van der Waals surface area contributed by atoms with E-state index in [9.17, 15) is 13.2 Å². The minimum atomic E-state index is -3.20. The minimum absolute atomic E-state index is 0.0269. The van der Waals surface area contributed by atoms with Crippen LogP contribution in [-0.4, -0.2) is 86.7 Å². The van der Waals surface area contributed by atoms with Gasteiger partial charge in [0.1, 0.15) is 16.9 Å². The minimum Gasteiger partial charge on any atom is -0.494 e. The van der Waals surface area contributed by atoms with E-state index in [0.29, 0.717) is 54.8 Å². The molecule has 3 aliphatic carbocycles. The molecular formula is C33H39N7O4S.